The molecule has 0 atom stereocenters. The van der Waals surface area contributed by atoms with Crippen molar-refractivity contribution in [1.82, 2.24) is 5.32 Å². The maximum absolute atomic E-state index is 8.35. The van der Waals surface area contributed by atoms with E-state index in [2.05, 4.69) is 20.3 Å². The van der Waals surface area contributed by atoms with Gasteiger partial charge < -0.3 is 22.9 Å². The molecule has 0 spiro atoms. The lowest BCUT2D eigenvalue weighted by molar-refractivity contribution is 0.627. The van der Waals surface area contributed by atoms with Crippen LogP contribution in [0.25, 0.3) is 0 Å². The molecule has 0 aromatic carbocycles. The molecule has 0 saturated carbocycles. The fourth-order valence-electron chi connectivity index (χ4n) is 2.29. The summed E-state index contributed by atoms with van der Waals surface area (Å²) in [5.41, 5.74) is 22.5. The number of hydrogen-bond donors (Lipinski definition) is 5. The molecule has 148 valence electrons. The molecule has 0 fully saturated rings. The molecule has 0 bridgehead atoms. The van der Waals surface area contributed by atoms with Gasteiger partial charge in [0.15, 0.2) is 6.19 Å². The average molecular weight is 366 g/mol. The third-order valence-electron chi connectivity index (χ3n) is 3.70. The molecule has 0 heterocycles. The van der Waals surface area contributed by atoms with Crippen LogP contribution in [0.4, 0.5) is 0 Å². The minimum atomic E-state index is 0.163. The monoisotopic (exact) mass is 365 g/mol. The highest BCUT2D eigenvalue weighted by Crippen LogP contribution is 2.05. The van der Waals surface area contributed by atoms with Crippen molar-refractivity contribution in [3.8, 4) is 6.19 Å². The number of unbranched alkanes of at least 4 members (excludes halogenated alkanes) is 7. The largest absolute Gasteiger partial charge is 0.387 e. The zero-order valence-corrected chi connectivity index (χ0v) is 15.8. The van der Waals surface area contributed by atoms with Gasteiger partial charge in [0.05, 0.1) is 0 Å². The molecule has 0 unspecified atom stereocenters. The molecule has 9 N–H and O–H groups in total. The number of nitrogens with one attached hydrogen (secondary N) is 1. The molecule has 9 heteroatoms. The molecule has 0 saturated heterocycles. The second-order valence-corrected chi connectivity index (χ2v) is 6.07. The fourth-order valence-corrected chi connectivity index (χ4v) is 2.29. The van der Waals surface area contributed by atoms with Crippen molar-refractivity contribution in [2.75, 3.05) is 19.6 Å². The number of aliphatic imine (C=N–C) groups is 3. The third-order valence-corrected chi connectivity index (χ3v) is 3.70. The zero-order valence-electron chi connectivity index (χ0n) is 15.8. The van der Waals surface area contributed by atoms with Crippen molar-refractivity contribution >= 4 is 17.8 Å². The average Bonchev–Trinajstić information content (AvgIpc) is 2.60. The van der Waals surface area contributed by atoms with Gasteiger partial charge in [-0.05, 0) is 32.2 Å². The van der Waals surface area contributed by atoms with Crippen LogP contribution < -0.4 is 28.3 Å². The van der Waals surface area contributed by atoms with Crippen LogP contribution >= 0.6 is 0 Å². The smallest absolute Gasteiger partial charge is 0.216 e. The number of rotatable bonds is 14. The lowest BCUT2D eigenvalue weighted by Crippen LogP contribution is -2.27. The second kappa shape index (κ2) is 17.5. The molecule has 0 aromatic rings. The number of amidine groups is 1. The van der Waals surface area contributed by atoms with E-state index in [9.17, 15) is 0 Å². The molecule has 0 aliphatic rings. The lowest BCUT2D eigenvalue weighted by atomic mass is 10.1. The molecule has 0 radical (unpaired) electrons. The number of nitriles is 1. The number of guanidine groups is 2. The van der Waals surface area contributed by atoms with E-state index in [-0.39, 0.29) is 11.9 Å². The second-order valence-electron chi connectivity index (χ2n) is 6.07. The van der Waals surface area contributed by atoms with Gasteiger partial charge in [0.25, 0.3) is 0 Å². The number of hydrogen-bond acceptors (Lipinski definition) is 4. The Bertz CT molecular complexity index is 477. The maximum Gasteiger partial charge on any atom is 0.216 e. The minimum absolute atomic E-state index is 0.163. The predicted octanol–water partition coefficient (Wildman–Crippen LogP) is 0.903. The van der Waals surface area contributed by atoms with Gasteiger partial charge in [-0.15, -0.1) is 0 Å². The van der Waals surface area contributed by atoms with E-state index >= 15 is 0 Å². The van der Waals surface area contributed by atoms with Crippen LogP contribution in [0.5, 0.6) is 0 Å². The Labute approximate surface area is 157 Å². The first-order chi connectivity index (χ1) is 12.6. The van der Waals surface area contributed by atoms with Crippen molar-refractivity contribution < 1.29 is 0 Å². The summed E-state index contributed by atoms with van der Waals surface area (Å²) in [5, 5.41) is 10.6. The first-order valence-corrected chi connectivity index (χ1v) is 9.38. The van der Waals surface area contributed by atoms with Gasteiger partial charge in [-0.25, -0.2) is 4.99 Å². The van der Waals surface area contributed by atoms with E-state index in [1.165, 1.54) is 12.8 Å². The van der Waals surface area contributed by atoms with Crippen molar-refractivity contribution in [3.05, 3.63) is 0 Å². The van der Waals surface area contributed by atoms with E-state index < -0.39 is 0 Å². The molecule has 26 heavy (non-hydrogen) atoms. The summed E-state index contributed by atoms with van der Waals surface area (Å²) in [7, 11) is 0. The lowest BCUT2D eigenvalue weighted by Gasteiger charge is -2.02. The SMILES string of the molecule is N#CNC(N)=NCCCCCCN=C(N)N=C(N)CCCCCCCN. The normalized spacial score (nSPS) is 12.8. The van der Waals surface area contributed by atoms with Crippen LogP contribution in [0.15, 0.2) is 15.0 Å². The summed E-state index contributed by atoms with van der Waals surface area (Å²) < 4.78 is 0. The minimum Gasteiger partial charge on any atom is -0.387 e. The summed E-state index contributed by atoms with van der Waals surface area (Å²) in [6.07, 6.45) is 12.0. The highest BCUT2D eigenvalue weighted by Gasteiger charge is 1.97. The molecular weight excluding hydrogens is 330 g/mol. The van der Waals surface area contributed by atoms with E-state index in [0.717, 1.165) is 57.9 Å². The Hall–Kier alpha value is -2.34. The van der Waals surface area contributed by atoms with E-state index in [0.29, 0.717) is 18.9 Å². The highest BCUT2D eigenvalue weighted by atomic mass is 15.1. The van der Waals surface area contributed by atoms with Gasteiger partial charge in [-0.3, -0.25) is 15.3 Å². The van der Waals surface area contributed by atoms with E-state index in [4.69, 9.17) is 28.2 Å². The van der Waals surface area contributed by atoms with Crippen molar-refractivity contribution in [2.24, 2.45) is 37.9 Å². The van der Waals surface area contributed by atoms with Crippen LogP contribution in [0, 0.1) is 11.5 Å². The summed E-state index contributed by atoms with van der Waals surface area (Å²) in [5.74, 6) is 0.966. The molecule has 0 aromatic heterocycles. The predicted molar refractivity (Wildman–Crippen MR) is 109 cm³/mol. The third kappa shape index (κ3) is 16.5. The van der Waals surface area contributed by atoms with Gasteiger partial charge in [0, 0.05) is 19.5 Å². The number of nitrogens with zero attached hydrogens (tertiary/aromatic N) is 4. The van der Waals surface area contributed by atoms with Gasteiger partial charge >= 0.3 is 0 Å². The Balaban J connectivity index is 3.70. The van der Waals surface area contributed by atoms with Gasteiger partial charge in [0.2, 0.25) is 11.9 Å². The number of nitrogens with two attached hydrogens (primary N) is 4. The van der Waals surface area contributed by atoms with Crippen LogP contribution in [0.1, 0.15) is 64.2 Å². The Kier molecular flexibility index (Phi) is 15.9. The Morgan fingerprint density at radius 1 is 0.808 bits per heavy atom. The topological polar surface area (TPSA) is 177 Å². The quantitative estimate of drug-likeness (QED) is 0.100. The van der Waals surface area contributed by atoms with Gasteiger partial charge in [0.1, 0.15) is 5.84 Å². The standard InChI is InChI=1S/C17H35N9/c18-11-7-3-1-2-6-10-15(20)26-17(22)24-13-9-5-4-8-12-23-16(21)25-14-19/h1-13,18H2,(H3,21,23,25)(H4,20,22,24,26). The maximum atomic E-state index is 8.35. The summed E-state index contributed by atoms with van der Waals surface area (Å²) in [4.78, 5) is 12.4. The van der Waals surface area contributed by atoms with E-state index in [1.807, 2.05) is 0 Å². The van der Waals surface area contributed by atoms with Crippen LogP contribution in [0.3, 0.4) is 0 Å². The first kappa shape index (κ1) is 23.7. The molecule has 9 nitrogen and oxygen atoms in total. The first-order valence-electron chi connectivity index (χ1n) is 9.38. The van der Waals surface area contributed by atoms with E-state index in [1.54, 1.807) is 6.19 Å². The molecule has 0 aliphatic heterocycles. The molecule has 0 rings (SSSR count). The molecule has 0 amide bonds. The van der Waals surface area contributed by atoms with Crippen molar-refractivity contribution in [3.63, 3.8) is 0 Å². The van der Waals surface area contributed by atoms with Gasteiger partial charge in [-0.2, -0.15) is 5.26 Å². The van der Waals surface area contributed by atoms with Crippen LogP contribution in [0.2, 0.25) is 0 Å². The Morgan fingerprint density at radius 2 is 1.38 bits per heavy atom. The summed E-state index contributed by atoms with van der Waals surface area (Å²) in [6.45, 7) is 2.01. The fraction of sp³-hybridized carbons (Fsp3) is 0.765. The van der Waals surface area contributed by atoms with Gasteiger partial charge in [-0.1, -0.05) is 32.1 Å². The van der Waals surface area contributed by atoms with Crippen molar-refractivity contribution in [1.29, 1.82) is 5.26 Å². The summed E-state index contributed by atoms with van der Waals surface area (Å²) >= 11 is 0. The highest BCUT2D eigenvalue weighted by molar-refractivity contribution is 5.94. The summed E-state index contributed by atoms with van der Waals surface area (Å²) in [6, 6.07) is 0. The molecule has 0 aliphatic carbocycles. The molecular formula is C17H35N9. The van der Waals surface area contributed by atoms with Crippen LogP contribution in [-0.2, 0) is 0 Å². The zero-order chi connectivity index (χ0) is 19.5. The Morgan fingerprint density at radius 3 is 2.04 bits per heavy atom. The van der Waals surface area contributed by atoms with Crippen molar-refractivity contribution in [2.45, 2.75) is 64.2 Å². The van der Waals surface area contributed by atoms with Crippen LogP contribution in [-0.4, -0.2) is 37.4 Å².